The number of carbonyl (C=O) groups is 1. The highest BCUT2D eigenvalue weighted by Crippen LogP contribution is 2.20. The van der Waals surface area contributed by atoms with E-state index in [1.165, 1.54) is 18.2 Å². The molecule has 5 heteroatoms. The summed E-state index contributed by atoms with van der Waals surface area (Å²) in [5, 5.41) is 10.6. The predicted octanol–water partition coefficient (Wildman–Crippen LogP) is 3.11. The number of nitro groups is 1. The van der Waals surface area contributed by atoms with Gasteiger partial charge in [-0.1, -0.05) is 20.8 Å². The molecule has 0 spiro atoms. The first-order chi connectivity index (χ1) is 8.20. The van der Waals surface area contributed by atoms with Gasteiger partial charge in [0.15, 0.2) is 0 Å². The lowest BCUT2D eigenvalue weighted by molar-refractivity contribution is -0.385. The molecule has 0 radical (unpaired) electrons. The van der Waals surface area contributed by atoms with Crippen molar-refractivity contribution in [2.75, 3.05) is 6.61 Å². The molecule has 5 nitrogen and oxygen atoms in total. The summed E-state index contributed by atoms with van der Waals surface area (Å²) in [7, 11) is 0. The molecular formula is C13H17NO4. The smallest absolute Gasteiger partial charge is 0.338 e. The van der Waals surface area contributed by atoms with E-state index in [1.807, 2.05) is 20.8 Å². The number of nitrogens with zero attached hydrogens (tertiary/aromatic N) is 1. The van der Waals surface area contributed by atoms with Crippen molar-refractivity contribution in [2.24, 2.45) is 5.41 Å². The van der Waals surface area contributed by atoms with E-state index >= 15 is 0 Å². The first-order valence-corrected chi connectivity index (χ1v) is 5.63. The first-order valence-electron chi connectivity index (χ1n) is 5.63. The van der Waals surface area contributed by atoms with Crippen molar-refractivity contribution in [1.82, 2.24) is 0 Å². The van der Waals surface area contributed by atoms with Gasteiger partial charge >= 0.3 is 5.97 Å². The normalized spacial score (nSPS) is 11.1. The fourth-order valence-electron chi connectivity index (χ4n) is 1.35. The van der Waals surface area contributed by atoms with Crippen molar-refractivity contribution in [3.8, 4) is 0 Å². The van der Waals surface area contributed by atoms with Gasteiger partial charge in [0.1, 0.15) is 0 Å². The fraction of sp³-hybridized carbons (Fsp3) is 0.462. The largest absolute Gasteiger partial charge is 0.462 e. The van der Waals surface area contributed by atoms with Crippen LogP contribution in [0.5, 0.6) is 0 Å². The zero-order chi connectivity index (χ0) is 13.9. The second-order valence-corrected chi connectivity index (χ2v) is 5.40. The molecule has 1 rings (SSSR count). The number of benzene rings is 1. The molecule has 0 N–H and O–H groups in total. The number of ether oxygens (including phenoxy) is 1. The first kappa shape index (κ1) is 14.2. The van der Waals surface area contributed by atoms with Crippen molar-refractivity contribution in [3.05, 3.63) is 39.4 Å². The van der Waals surface area contributed by atoms with Crippen LogP contribution in [0.1, 0.15) is 36.7 Å². The lowest BCUT2D eigenvalue weighted by Crippen LogP contribution is -2.18. The third-order valence-corrected chi connectivity index (χ3v) is 2.27. The molecule has 0 aliphatic carbocycles. The standard InChI is InChI=1S/C13H17NO4/c1-9-7-10(5-6-11(9)14(16)17)12(15)18-8-13(2,3)4/h5-7H,8H2,1-4H3. The van der Waals surface area contributed by atoms with Crippen LogP contribution in [-0.4, -0.2) is 17.5 Å². The Labute approximate surface area is 106 Å². The van der Waals surface area contributed by atoms with E-state index in [0.29, 0.717) is 17.7 Å². The Kier molecular flexibility index (Phi) is 4.06. The van der Waals surface area contributed by atoms with Crippen molar-refractivity contribution >= 4 is 11.7 Å². The van der Waals surface area contributed by atoms with Gasteiger partial charge in [0, 0.05) is 11.6 Å². The monoisotopic (exact) mass is 251 g/mol. The zero-order valence-corrected chi connectivity index (χ0v) is 11.0. The Morgan fingerprint density at radius 2 is 2.00 bits per heavy atom. The molecule has 1 aromatic rings. The molecule has 1 aromatic carbocycles. The van der Waals surface area contributed by atoms with Crippen LogP contribution in [-0.2, 0) is 4.74 Å². The van der Waals surface area contributed by atoms with E-state index < -0.39 is 10.9 Å². The number of carbonyl (C=O) groups excluding carboxylic acids is 1. The third kappa shape index (κ3) is 3.84. The summed E-state index contributed by atoms with van der Waals surface area (Å²) in [5.41, 5.74) is 0.681. The molecule has 98 valence electrons. The van der Waals surface area contributed by atoms with E-state index in [1.54, 1.807) is 6.92 Å². The van der Waals surface area contributed by atoms with Gasteiger partial charge in [-0.3, -0.25) is 10.1 Å². The summed E-state index contributed by atoms with van der Waals surface area (Å²) in [6.45, 7) is 7.78. The Balaban J connectivity index is 2.82. The maximum absolute atomic E-state index is 11.7. The number of hydrogen-bond donors (Lipinski definition) is 0. The van der Waals surface area contributed by atoms with Crippen molar-refractivity contribution in [1.29, 1.82) is 0 Å². The molecule has 0 amide bonds. The van der Waals surface area contributed by atoms with E-state index in [0.717, 1.165) is 0 Å². The molecule has 0 aliphatic heterocycles. The number of esters is 1. The lowest BCUT2D eigenvalue weighted by Gasteiger charge is -2.17. The number of hydrogen-bond acceptors (Lipinski definition) is 4. The minimum absolute atomic E-state index is 0.00220. The Bertz CT molecular complexity index is 474. The SMILES string of the molecule is Cc1cc(C(=O)OCC(C)(C)C)ccc1[N+](=O)[O-]. The molecule has 0 heterocycles. The van der Waals surface area contributed by atoms with Crippen LogP contribution in [0.3, 0.4) is 0 Å². The molecule has 0 saturated carbocycles. The highest BCUT2D eigenvalue weighted by Gasteiger charge is 2.17. The van der Waals surface area contributed by atoms with E-state index in [-0.39, 0.29) is 11.1 Å². The minimum Gasteiger partial charge on any atom is -0.462 e. The highest BCUT2D eigenvalue weighted by molar-refractivity contribution is 5.90. The summed E-state index contributed by atoms with van der Waals surface area (Å²) in [5.74, 6) is -0.456. The third-order valence-electron chi connectivity index (χ3n) is 2.27. The van der Waals surface area contributed by atoms with Crippen LogP contribution in [0.25, 0.3) is 0 Å². The molecule has 0 unspecified atom stereocenters. The van der Waals surface area contributed by atoms with E-state index in [9.17, 15) is 14.9 Å². The van der Waals surface area contributed by atoms with Crippen LogP contribution in [0.4, 0.5) is 5.69 Å². The van der Waals surface area contributed by atoms with Gasteiger partial charge in [-0.15, -0.1) is 0 Å². The maximum Gasteiger partial charge on any atom is 0.338 e. The summed E-state index contributed by atoms with van der Waals surface area (Å²) >= 11 is 0. The second-order valence-electron chi connectivity index (χ2n) is 5.40. The van der Waals surface area contributed by atoms with Crippen molar-refractivity contribution in [3.63, 3.8) is 0 Å². The second kappa shape index (κ2) is 5.16. The Morgan fingerprint density at radius 3 is 2.44 bits per heavy atom. The Morgan fingerprint density at radius 1 is 1.39 bits per heavy atom. The number of rotatable bonds is 3. The molecular weight excluding hydrogens is 234 g/mol. The molecule has 0 bridgehead atoms. The molecule has 0 saturated heterocycles. The predicted molar refractivity (Wildman–Crippen MR) is 67.6 cm³/mol. The quantitative estimate of drug-likeness (QED) is 0.470. The van der Waals surface area contributed by atoms with Crippen LogP contribution < -0.4 is 0 Å². The van der Waals surface area contributed by atoms with Gasteiger partial charge in [-0.05, 0) is 24.5 Å². The van der Waals surface area contributed by atoms with Gasteiger partial charge in [-0.2, -0.15) is 0 Å². The van der Waals surface area contributed by atoms with Crippen LogP contribution in [0, 0.1) is 22.5 Å². The molecule has 0 fully saturated rings. The average Bonchev–Trinajstić information content (AvgIpc) is 2.24. The molecule has 18 heavy (non-hydrogen) atoms. The van der Waals surface area contributed by atoms with Crippen LogP contribution in [0.2, 0.25) is 0 Å². The molecule has 0 aromatic heterocycles. The number of nitro benzene ring substituents is 1. The number of aryl methyl sites for hydroxylation is 1. The fourth-order valence-corrected chi connectivity index (χ4v) is 1.35. The van der Waals surface area contributed by atoms with Gasteiger partial charge in [-0.25, -0.2) is 4.79 Å². The van der Waals surface area contributed by atoms with Crippen molar-refractivity contribution in [2.45, 2.75) is 27.7 Å². The lowest BCUT2D eigenvalue weighted by atomic mass is 9.99. The van der Waals surface area contributed by atoms with Gasteiger partial charge in [0.05, 0.1) is 17.1 Å². The van der Waals surface area contributed by atoms with Gasteiger partial charge in [0.2, 0.25) is 0 Å². The van der Waals surface area contributed by atoms with Gasteiger partial charge in [0.25, 0.3) is 5.69 Å². The topological polar surface area (TPSA) is 69.4 Å². The van der Waals surface area contributed by atoms with Crippen LogP contribution in [0.15, 0.2) is 18.2 Å². The van der Waals surface area contributed by atoms with E-state index in [2.05, 4.69) is 0 Å². The average molecular weight is 251 g/mol. The van der Waals surface area contributed by atoms with Gasteiger partial charge < -0.3 is 4.74 Å². The summed E-state index contributed by atoms with van der Waals surface area (Å²) < 4.78 is 5.14. The summed E-state index contributed by atoms with van der Waals surface area (Å²) in [6, 6.07) is 4.21. The highest BCUT2D eigenvalue weighted by atomic mass is 16.6. The Hall–Kier alpha value is -1.91. The van der Waals surface area contributed by atoms with E-state index in [4.69, 9.17) is 4.74 Å². The van der Waals surface area contributed by atoms with Crippen molar-refractivity contribution < 1.29 is 14.5 Å². The zero-order valence-electron chi connectivity index (χ0n) is 11.0. The molecule has 0 atom stereocenters. The summed E-state index contributed by atoms with van der Waals surface area (Å²) in [4.78, 5) is 21.9. The van der Waals surface area contributed by atoms with Crippen LogP contribution >= 0.6 is 0 Å². The minimum atomic E-state index is -0.473. The molecule has 0 aliphatic rings. The maximum atomic E-state index is 11.7. The summed E-state index contributed by atoms with van der Waals surface area (Å²) in [6.07, 6.45) is 0.